The maximum Gasteiger partial charge on any atom is 0.394 e. The quantitative estimate of drug-likeness (QED) is 0.424. The average Bonchev–Trinajstić information content (AvgIpc) is 0.722. The molecule has 4 nitrogen and oxygen atoms in total. The van der Waals surface area contributed by atoms with Crippen molar-refractivity contribution in [2.24, 2.45) is 0 Å². The summed E-state index contributed by atoms with van der Waals surface area (Å²) >= 11 is 0. The molecule has 0 atom stereocenters. The van der Waals surface area contributed by atoms with E-state index in [1.165, 1.54) is 0 Å². The Morgan fingerprint density at radius 3 is 1.00 bits per heavy atom. The second kappa shape index (κ2) is 5.05. The van der Waals surface area contributed by atoms with Gasteiger partial charge in [0.1, 0.15) is 0 Å². The Labute approximate surface area is 62.2 Å². The van der Waals surface area contributed by atoms with E-state index in [-0.39, 0.29) is 34.1 Å². The molecule has 0 aromatic rings. The normalized spacial score (nSPS) is 8.29. The smallest absolute Gasteiger partial charge is 0.264 e. The maximum absolute atomic E-state index is 8.74. The van der Waals surface area contributed by atoms with Gasteiger partial charge in [-0.2, -0.15) is 8.42 Å². The molecule has 7 heavy (non-hydrogen) atoms. The van der Waals surface area contributed by atoms with E-state index in [4.69, 9.17) is 17.5 Å². The SMILES string of the molecule is O=S(=O)(O)O.[Cu].[Cu]. The van der Waals surface area contributed by atoms with E-state index in [0.717, 1.165) is 0 Å². The summed E-state index contributed by atoms with van der Waals surface area (Å²) in [5, 5.41) is 0. The molecule has 2 radical (unpaired) electrons. The summed E-state index contributed by atoms with van der Waals surface area (Å²) in [5.74, 6) is 0. The zero-order chi connectivity index (χ0) is 4.50. The molecule has 0 spiro atoms. The molecule has 0 heterocycles. The molecule has 2 N–H and O–H groups in total. The van der Waals surface area contributed by atoms with Gasteiger partial charge in [-0.25, -0.2) is 0 Å². The summed E-state index contributed by atoms with van der Waals surface area (Å²) in [6.07, 6.45) is 0. The van der Waals surface area contributed by atoms with E-state index in [9.17, 15) is 0 Å². The van der Waals surface area contributed by atoms with Gasteiger partial charge in [0.05, 0.1) is 0 Å². The Balaban J connectivity index is -0.0000000800. The van der Waals surface area contributed by atoms with E-state index >= 15 is 0 Å². The number of rotatable bonds is 0. The van der Waals surface area contributed by atoms with Crippen molar-refractivity contribution in [3.05, 3.63) is 0 Å². The van der Waals surface area contributed by atoms with Crippen LogP contribution in [-0.4, -0.2) is 17.5 Å². The van der Waals surface area contributed by atoms with Gasteiger partial charge in [-0.3, -0.25) is 9.11 Å². The van der Waals surface area contributed by atoms with Crippen molar-refractivity contribution in [2.75, 3.05) is 0 Å². The van der Waals surface area contributed by atoms with Crippen LogP contribution in [0, 0.1) is 0 Å². The summed E-state index contributed by atoms with van der Waals surface area (Å²) in [6.45, 7) is 0. The van der Waals surface area contributed by atoms with Gasteiger partial charge in [0, 0.05) is 34.1 Å². The summed E-state index contributed by atoms with van der Waals surface area (Å²) in [7, 11) is -4.67. The summed E-state index contributed by atoms with van der Waals surface area (Å²) in [4.78, 5) is 0. The Morgan fingerprint density at radius 1 is 1.00 bits per heavy atom. The Kier molecular flexibility index (Phi) is 11.3. The van der Waals surface area contributed by atoms with Crippen LogP contribution in [0.1, 0.15) is 0 Å². The van der Waals surface area contributed by atoms with Crippen molar-refractivity contribution in [3.8, 4) is 0 Å². The van der Waals surface area contributed by atoms with E-state index in [1.807, 2.05) is 0 Å². The molecule has 0 rings (SSSR count). The van der Waals surface area contributed by atoms with E-state index in [0.29, 0.717) is 0 Å². The van der Waals surface area contributed by atoms with Gasteiger partial charge in [0.25, 0.3) is 0 Å². The van der Waals surface area contributed by atoms with Crippen LogP contribution < -0.4 is 0 Å². The second-order valence-corrected chi connectivity index (χ2v) is 1.34. The molecule has 7 heteroatoms. The predicted molar refractivity (Wildman–Crippen MR) is 14.2 cm³/mol. The first kappa shape index (κ1) is 15.7. The molecule has 0 aromatic carbocycles. The molecule has 0 bridgehead atoms. The average molecular weight is 225 g/mol. The monoisotopic (exact) mass is 224 g/mol. The van der Waals surface area contributed by atoms with Crippen LogP contribution >= 0.6 is 0 Å². The van der Waals surface area contributed by atoms with Crippen LogP contribution in [0.5, 0.6) is 0 Å². The molecular formula is H2Cu2O4S. The third kappa shape index (κ3) is 202. The number of hydrogen-bond donors (Lipinski definition) is 2. The van der Waals surface area contributed by atoms with Gasteiger partial charge in [0.15, 0.2) is 0 Å². The van der Waals surface area contributed by atoms with Crippen LogP contribution in [-0.2, 0) is 44.5 Å². The fourth-order valence-corrected chi connectivity index (χ4v) is 0. The number of hydrogen-bond acceptors (Lipinski definition) is 2. The van der Waals surface area contributed by atoms with Crippen LogP contribution in [0.25, 0.3) is 0 Å². The standard InChI is InChI=1S/2Cu.H2O4S/c;;1-5(2,3)4/h;;(H2,1,2,3,4). The minimum absolute atomic E-state index is 0. The predicted octanol–water partition coefficient (Wildman–Crippen LogP) is -0.658. The zero-order valence-electron chi connectivity index (χ0n) is 2.72. The molecule has 0 aromatic heterocycles. The molecule has 0 aliphatic rings. The Morgan fingerprint density at radius 2 is 1.00 bits per heavy atom. The van der Waals surface area contributed by atoms with Gasteiger partial charge >= 0.3 is 10.4 Å². The largest absolute Gasteiger partial charge is 0.394 e. The van der Waals surface area contributed by atoms with Gasteiger partial charge in [-0.05, 0) is 0 Å². The van der Waals surface area contributed by atoms with Crippen molar-refractivity contribution in [1.29, 1.82) is 0 Å². The first-order valence-electron chi connectivity index (χ1n) is 0.698. The molecule has 0 saturated heterocycles. The third-order valence-corrected chi connectivity index (χ3v) is 0. The molecule has 0 saturated carbocycles. The first-order chi connectivity index (χ1) is 2.00. The van der Waals surface area contributed by atoms with Crippen molar-refractivity contribution in [1.82, 2.24) is 0 Å². The van der Waals surface area contributed by atoms with Crippen LogP contribution in [0.3, 0.4) is 0 Å². The molecular weight excluding hydrogens is 223 g/mol. The summed E-state index contributed by atoms with van der Waals surface area (Å²) in [5.41, 5.74) is 0. The van der Waals surface area contributed by atoms with Crippen LogP contribution in [0.4, 0.5) is 0 Å². The van der Waals surface area contributed by atoms with Gasteiger partial charge in [-0.15, -0.1) is 0 Å². The second-order valence-electron chi connectivity index (χ2n) is 0.448. The fraction of sp³-hybridized carbons (Fsp3) is 0. The zero-order valence-corrected chi connectivity index (χ0v) is 5.42. The maximum atomic E-state index is 8.74. The van der Waals surface area contributed by atoms with E-state index < -0.39 is 10.4 Å². The minimum Gasteiger partial charge on any atom is -0.264 e. The van der Waals surface area contributed by atoms with Crippen LogP contribution in [0.15, 0.2) is 0 Å². The molecule has 0 aliphatic carbocycles. The van der Waals surface area contributed by atoms with Gasteiger partial charge in [-0.1, -0.05) is 0 Å². The van der Waals surface area contributed by atoms with Crippen molar-refractivity contribution in [3.63, 3.8) is 0 Å². The van der Waals surface area contributed by atoms with Crippen molar-refractivity contribution in [2.45, 2.75) is 0 Å². The van der Waals surface area contributed by atoms with Crippen LogP contribution in [0.2, 0.25) is 0 Å². The summed E-state index contributed by atoms with van der Waals surface area (Å²) in [6, 6.07) is 0. The minimum atomic E-state index is -4.67. The molecule has 54 valence electrons. The van der Waals surface area contributed by atoms with Crippen molar-refractivity contribution >= 4 is 10.4 Å². The van der Waals surface area contributed by atoms with E-state index in [2.05, 4.69) is 0 Å². The topological polar surface area (TPSA) is 74.6 Å². The Hall–Kier alpha value is 0.909. The first-order valence-corrected chi connectivity index (χ1v) is 2.10. The molecule has 0 aliphatic heterocycles. The Bertz CT molecular complexity index is 92.9. The molecule has 0 fully saturated rings. The molecule has 0 amide bonds. The summed E-state index contributed by atoms with van der Waals surface area (Å²) < 4.78 is 31.6. The van der Waals surface area contributed by atoms with Gasteiger partial charge < -0.3 is 0 Å². The molecule has 0 unspecified atom stereocenters. The van der Waals surface area contributed by atoms with Gasteiger partial charge in [0.2, 0.25) is 0 Å². The fourth-order valence-electron chi connectivity index (χ4n) is 0. The third-order valence-electron chi connectivity index (χ3n) is 0. The van der Waals surface area contributed by atoms with E-state index in [1.54, 1.807) is 0 Å². The van der Waals surface area contributed by atoms with Crippen molar-refractivity contribution < 1.29 is 51.7 Å².